The fourth-order valence-electron chi connectivity index (χ4n) is 3.08. The fourth-order valence-corrected chi connectivity index (χ4v) is 3.08. The highest BCUT2D eigenvalue weighted by Gasteiger charge is 2.19. The maximum Gasteiger partial charge on any atom is 0.110 e. The van der Waals surface area contributed by atoms with Crippen LogP contribution < -0.4 is 5.73 Å². The quantitative estimate of drug-likeness (QED) is 0.830. The first-order valence-electron chi connectivity index (χ1n) is 7.42. The van der Waals surface area contributed by atoms with Crippen molar-refractivity contribution in [1.82, 2.24) is 19.4 Å². The van der Waals surface area contributed by atoms with E-state index in [0.29, 0.717) is 6.04 Å². The number of likely N-dealkylation sites (N-methyl/N-ethyl adjacent to an activating group) is 1. The molecule has 1 atom stereocenters. The van der Waals surface area contributed by atoms with Crippen LogP contribution in [0, 0.1) is 0 Å². The summed E-state index contributed by atoms with van der Waals surface area (Å²) >= 11 is 0. The van der Waals surface area contributed by atoms with E-state index in [4.69, 9.17) is 5.73 Å². The van der Waals surface area contributed by atoms with Gasteiger partial charge in [-0.3, -0.25) is 0 Å². The predicted molar refractivity (Wildman–Crippen MR) is 76.2 cm³/mol. The maximum absolute atomic E-state index is 6.01. The summed E-state index contributed by atoms with van der Waals surface area (Å²) in [6.07, 6.45) is 5.17. The molecule has 19 heavy (non-hydrogen) atoms. The Morgan fingerprint density at radius 2 is 2.05 bits per heavy atom. The predicted octanol–water partition coefficient (Wildman–Crippen LogP) is -0.0535. The molecule has 0 aliphatic carbocycles. The van der Waals surface area contributed by atoms with Crippen molar-refractivity contribution in [3.8, 4) is 0 Å². The Kier molecular flexibility index (Phi) is 3.86. The fraction of sp³-hybridized carbons (Fsp3) is 0.786. The van der Waals surface area contributed by atoms with Crippen molar-refractivity contribution in [1.29, 1.82) is 0 Å². The smallest absolute Gasteiger partial charge is 0.110 e. The van der Waals surface area contributed by atoms with E-state index in [-0.39, 0.29) is 0 Å². The van der Waals surface area contributed by atoms with Crippen LogP contribution >= 0.6 is 0 Å². The third kappa shape index (κ3) is 2.99. The molecule has 0 spiro atoms. The molecule has 106 valence electrons. The summed E-state index contributed by atoms with van der Waals surface area (Å²) in [5.74, 6) is 1.25. The summed E-state index contributed by atoms with van der Waals surface area (Å²) in [7, 11) is 2.20. The van der Waals surface area contributed by atoms with Gasteiger partial charge in [-0.05, 0) is 13.5 Å². The molecule has 1 aromatic heterocycles. The second kappa shape index (κ2) is 5.61. The molecule has 1 unspecified atom stereocenters. The van der Waals surface area contributed by atoms with Crippen molar-refractivity contribution in [2.24, 2.45) is 5.73 Å². The van der Waals surface area contributed by atoms with Gasteiger partial charge in [-0.2, -0.15) is 0 Å². The Balaban J connectivity index is 1.56. The van der Waals surface area contributed by atoms with Gasteiger partial charge in [0.2, 0.25) is 0 Å². The molecule has 0 aromatic carbocycles. The molecule has 0 bridgehead atoms. The molecule has 5 heteroatoms. The van der Waals surface area contributed by atoms with Crippen molar-refractivity contribution in [2.75, 3.05) is 39.8 Å². The van der Waals surface area contributed by atoms with E-state index in [1.165, 1.54) is 37.7 Å². The summed E-state index contributed by atoms with van der Waals surface area (Å²) in [6.45, 7) is 6.94. The molecule has 2 N–H and O–H groups in total. The molecular formula is C14H25N5. The average molecular weight is 263 g/mol. The highest BCUT2D eigenvalue weighted by Crippen LogP contribution is 2.16. The van der Waals surface area contributed by atoms with Gasteiger partial charge < -0.3 is 20.1 Å². The van der Waals surface area contributed by atoms with Crippen LogP contribution in [0.2, 0.25) is 0 Å². The zero-order valence-corrected chi connectivity index (χ0v) is 11.9. The summed E-state index contributed by atoms with van der Waals surface area (Å²) in [6, 6.07) is 0.328. The minimum Gasteiger partial charge on any atom is -0.332 e. The first kappa shape index (κ1) is 13.1. The topological polar surface area (TPSA) is 50.3 Å². The summed E-state index contributed by atoms with van der Waals surface area (Å²) < 4.78 is 2.39. The Morgan fingerprint density at radius 3 is 2.84 bits per heavy atom. The number of imidazole rings is 1. The Labute approximate surface area is 115 Å². The molecule has 2 aliphatic heterocycles. The third-order valence-electron chi connectivity index (χ3n) is 4.46. The van der Waals surface area contributed by atoms with Crippen molar-refractivity contribution in [2.45, 2.75) is 31.8 Å². The first-order valence-corrected chi connectivity index (χ1v) is 7.42. The Morgan fingerprint density at radius 1 is 1.26 bits per heavy atom. The molecule has 1 aromatic rings. The number of piperazine rings is 1. The zero-order chi connectivity index (χ0) is 13.2. The van der Waals surface area contributed by atoms with Crippen molar-refractivity contribution >= 4 is 0 Å². The zero-order valence-electron chi connectivity index (χ0n) is 11.9. The molecule has 0 saturated carbocycles. The first-order chi connectivity index (χ1) is 9.22. The van der Waals surface area contributed by atoms with Crippen LogP contribution in [0.3, 0.4) is 0 Å². The lowest BCUT2D eigenvalue weighted by Gasteiger charge is -2.32. The highest BCUT2D eigenvalue weighted by molar-refractivity contribution is 5.10. The van der Waals surface area contributed by atoms with Gasteiger partial charge in [0.15, 0.2) is 0 Å². The van der Waals surface area contributed by atoms with Gasteiger partial charge in [0.1, 0.15) is 5.82 Å². The average Bonchev–Trinajstić information content (AvgIpc) is 2.80. The van der Waals surface area contributed by atoms with E-state index in [2.05, 4.69) is 26.4 Å². The molecule has 1 saturated heterocycles. The van der Waals surface area contributed by atoms with Crippen LogP contribution in [0.4, 0.5) is 0 Å². The van der Waals surface area contributed by atoms with E-state index in [1.807, 2.05) is 6.20 Å². The van der Waals surface area contributed by atoms with E-state index in [0.717, 1.165) is 32.4 Å². The molecule has 3 rings (SSSR count). The van der Waals surface area contributed by atoms with Crippen LogP contribution in [0.15, 0.2) is 6.20 Å². The van der Waals surface area contributed by atoms with E-state index in [9.17, 15) is 0 Å². The van der Waals surface area contributed by atoms with E-state index in [1.54, 1.807) is 0 Å². The lowest BCUT2D eigenvalue weighted by Crippen LogP contribution is -2.45. The van der Waals surface area contributed by atoms with Gasteiger partial charge in [-0.25, -0.2) is 4.98 Å². The SMILES string of the molecule is CN1CCN(CCc2ncc3n2CCC(N)C3)CC1. The van der Waals surface area contributed by atoms with E-state index < -0.39 is 0 Å². The summed E-state index contributed by atoms with van der Waals surface area (Å²) in [5.41, 5.74) is 7.33. The third-order valence-corrected chi connectivity index (χ3v) is 4.46. The van der Waals surface area contributed by atoms with Crippen LogP contribution in [0.5, 0.6) is 0 Å². The van der Waals surface area contributed by atoms with Gasteiger partial charge in [0, 0.05) is 70.0 Å². The molecule has 0 radical (unpaired) electrons. The molecule has 2 aliphatic rings. The normalized spacial score (nSPS) is 25.5. The molecule has 5 nitrogen and oxygen atoms in total. The lowest BCUT2D eigenvalue weighted by atomic mass is 10.1. The highest BCUT2D eigenvalue weighted by atomic mass is 15.2. The Bertz CT molecular complexity index is 419. The van der Waals surface area contributed by atoms with Crippen molar-refractivity contribution in [3.63, 3.8) is 0 Å². The van der Waals surface area contributed by atoms with Gasteiger partial charge in [-0.1, -0.05) is 0 Å². The molecular weight excluding hydrogens is 238 g/mol. The minimum absolute atomic E-state index is 0.328. The molecule has 1 fully saturated rings. The maximum atomic E-state index is 6.01. The largest absolute Gasteiger partial charge is 0.332 e. The second-order valence-corrected chi connectivity index (χ2v) is 5.97. The Hall–Kier alpha value is -0.910. The van der Waals surface area contributed by atoms with Crippen LogP contribution in [-0.2, 0) is 19.4 Å². The molecule has 0 amide bonds. The summed E-state index contributed by atoms with van der Waals surface area (Å²) in [5, 5.41) is 0. The number of aromatic nitrogens is 2. The second-order valence-electron chi connectivity index (χ2n) is 5.97. The summed E-state index contributed by atoms with van der Waals surface area (Å²) in [4.78, 5) is 9.55. The number of rotatable bonds is 3. The van der Waals surface area contributed by atoms with Crippen LogP contribution in [0.1, 0.15) is 17.9 Å². The van der Waals surface area contributed by atoms with Gasteiger partial charge in [-0.15, -0.1) is 0 Å². The van der Waals surface area contributed by atoms with Crippen LogP contribution in [-0.4, -0.2) is 65.2 Å². The van der Waals surface area contributed by atoms with Crippen LogP contribution in [0.25, 0.3) is 0 Å². The van der Waals surface area contributed by atoms with Gasteiger partial charge in [0.05, 0.1) is 0 Å². The van der Waals surface area contributed by atoms with Crippen molar-refractivity contribution in [3.05, 3.63) is 17.7 Å². The number of fused-ring (bicyclic) bond motifs is 1. The van der Waals surface area contributed by atoms with Gasteiger partial charge >= 0.3 is 0 Å². The monoisotopic (exact) mass is 263 g/mol. The number of nitrogens with two attached hydrogens (primary N) is 1. The van der Waals surface area contributed by atoms with Gasteiger partial charge in [0.25, 0.3) is 0 Å². The lowest BCUT2D eigenvalue weighted by molar-refractivity contribution is 0.154. The number of nitrogens with zero attached hydrogens (tertiary/aromatic N) is 4. The van der Waals surface area contributed by atoms with Crippen molar-refractivity contribution < 1.29 is 0 Å². The van der Waals surface area contributed by atoms with E-state index >= 15 is 0 Å². The minimum atomic E-state index is 0.328. The number of hydrogen-bond donors (Lipinski definition) is 1. The number of hydrogen-bond acceptors (Lipinski definition) is 4. The molecule has 3 heterocycles. The standard InChI is InChI=1S/C14H25N5/c1-17-6-8-18(9-7-17)4-3-14-16-11-13-10-12(15)2-5-19(13)14/h11-12H,2-10,15H2,1H3.